The molecular weight excluding hydrogens is 382 g/mol. The molecule has 0 amide bonds. The van der Waals surface area contributed by atoms with Crippen molar-refractivity contribution < 1.29 is 18.9 Å². The lowest BCUT2D eigenvalue weighted by molar-refractivity contribution is -0.0105. The van der Waals surface area contributed by atoms with Crippen LogP contribution in [0.4, 0.5) is 5.69 Å². The lowest BCUT2D eigenvalue weighted by Gasteiger charge is -2.39. The van der Waals surface area contributed by atoms with E-state index in [0.717, 1.165) is 35.8 Å². The van der Waals surface area contributed by atoms with Gasteiger partial charge in [0.05, 0.1) is 25.1 Å². The first kappa shape index (κ1) is 20.4. The van der Waals surface area contributed by atoms with Gasteiger partial charge in [-0.05, 0) is 11.6 Å². The minimum absolute atomic E-state index is 0.0460. The highest BCUT2D eigenvalue weighted by atomic mass is 16.5. The van der Waals surface area contributed by atoms with Gasteiger partial charge in [-0.15, -0.1) is 0 Å². The summed E-state index contributed by atoms with van der Waals surface area (Å²) in [4.78, 5) is 2.38. The highest BCUT2D eigenvalue weighted by Gasteiger charge is 2.28. The normalized spacial score (nSPS) is 18.4. The molecule has 0 bridgehead atoms. The Morgan fingerprint density at radius 3 is 2.80 bits per heavy atom. The van der Waals surface area contributed by atoms with Crippen molar-refractivity contribution >= 4 is 11.4 Å². The van der Waals surface area contributed by atoms with Gasteiger partial charge in [0.15, 0.2) is 24.7 Å². The summed E-state index contributed by atoms with van der Waals surface area (Å²) >= 11 is 0. The van der Waals surface area contributed by atoms with E-state index in [1.165, 1.54) is 5.56 Å². The first-order chi connectivity index (χ1) is 14.7. The number of methoxy groups -OCH3 is 1. The van der Waals surface area contributed by atoms with Crippen LogP contribution in [0, 0.1) is 0 Å². The van der Waals surface area contributed by atoms with Gasteiger partial charge in [0.1, 0.15) is 13.2 Å². The maximum absolute atomic E-state index is 6.07. The Bertz CT molecular complexity index is 888. The maximum Gasteiger partial charge on any atom is 0.179 e. The van der Waals surface area contributed by atoms with Crippen LogP contribution in [-0.2, 0) is 4.74 Å². The molecule has 4 rings (SSSR count). The SMILES string of the molecule is COc1cc2c(cc1OCC[OH+]C)C(N1CCOC(c3ccccc3)C1)=CN(C)N2. The summed E-state index contributed by atoms with van der Waals surface area (Å²) in [5.74, 6) is 1.43. The number of morpholine rings is 1. The van der Waals surface area contributed by atoms with E-state index in [1.807, 2.05) is 24.2 Å². The molecule has 1 saturated heterocycles. The first-order valence-corrected chi connectivity index (χ1v) is 10.2. The fourth-order valence-corrected chi connectivity index (χ4v) is 3.85. The highest BCUT2D eigenvalue weighted by molar-refractivity contribution is 5.80. The molecule has 0 spiro atoms. The number of anilines is 1. The molecule has 7 nitrogen and oxygen atoms in total. The summed E-state index contributed by atoms with van der Waals surface area (Å²) in [5.41, 5.74) is 7.81. The van der Waals surface area contributed by atoms with Crippen LogP contribution in [-0.4, -0.2) is 68.8 Å². The molecule has 2 aromatic carbocycles. The molecule has 2 N–H and O–H groups in total. The zero-order chi connectivity index (χ0) is 20.9. The molecule has 160 valence electrons. The standard InChI is InChI=1S/C23H29N3O4/c1-25-15-20(26-9-10-29-23(16-26)17-7-5-4-6-8-17)18-13-22(30-12-11-27-2)21(28-3)14-19(18)24-25/h4-8,13-15,23-24H,9-12,16H2,1-3H3/p+1. The molecule has 0 saturated carbocycles. The lowest BCUT2D eigenvalue weighted by atomic mass is 10.0. The monoisotopic (exact) mass is 412 g/mol. The van der Waals surface area contributed by atoms with Gasteiger partial charge in [0.25, 0.3) is 0 Å². The summed E-state index contributed by atoms with van der Waals surface area (Å²) < 4.78 is 21.7. The third-order valence-corrected chi connectivity index (χ3v) is 5.34. The molecule has 2 aromatic rings. The maximum atomic E-state index is 6.07. The van der Waals surface area contributed by atoms with Gasteiger partial charge in [-0.3, -0.25) is 10.4 Å². The number of rotatable bonds is 7. The Hall–Kier alpha value is -2.90. The molecule has 0 aliphatic carbocycles. The molecule has 30 heavy (non-hydrogen) atoms. The number of hydrogen-bond acceptors (Lipinski definition) is 6. The summed E-state index contributed by atoms with van der Waals surface area (Å²) in [5, 5.41) is 1.97. The first-order valence-electron chi connectivity index (χ1n) is 10.2. The molecule has 0 radical (unpaired) electrons. The van der Waals surface area contributed by atoms with E-state index in [2.05, 4.69) is 51.6 Å². The Kier molecular flexibility index (Phi) is 6.30. The molecule has 1 unspecified atom stereocenters. The average Bonchev–Trinajstić information content (AvgIpc) is 2.79. The number of nitrogens with zero attached hydrogens (tertiary/aromatic N) is 2. The fraction of sp³-hybridized carbons (Fsp3) is 0.391. The number of aliphatic hydroxyl groups is 2. The van der Waals surface area contributed by atoms with E-state index in [-0.39, 0.29) is 6.10 Å². The van der Waals surface area contributed by atoms with E-state index in [0.29, 0.717) is 25.6 Å². The second-order valence-corrected chi connectivity index (χ2v) is 7.39. The fourth-order valence-electron chi connectivity index (χ4n) is 3.85. The van der Waals surface area contributed by atoms with Gasteiger partial charge in [0.2, 0.25) is 0 Å². The van der Waals surface area contributed by atoms with Gasteiger partial charge in [-0.25, -0.2) is 0 Å². The predicted molar refractivity (Wildman–Crippen MR) is 118 cm³/mol. The van der Waals surface area contributed by atoms with Gasteiger partial charge in [-0.2, -0.15) is 0 Å². The summed E-state index contributed by atoms with van der Waals surface area (Å²) in [6.07, 6.45) is 2.16. The molecule has 2 aliphatic rings. The summed E-state index contributed by atoms with van der Waals surface area (Å²) in [6.45, 7) is 3.47. The Morgan fingerprint density at radius 1 is 1.20 bits per heavy atom. The number of fused-ring (bicyclic) bond motifs is 1. The van der Waals surface area contributed by atoms with Gasteiger partial charge in [0, 0.05) is 38.0 Å². The zero-order valence-electron chi connectivity index (χ0n) is 17.8. The molecule has 7 heteroatoms. The van der Waals surface area contributed by atoms with Crippen LogP contribution in [0.2, 0.25) is 0 Å². The number of ether oxygens (including phenoxy) is 4. The molecule has 2 aliphatic heterocycles. The van der Waals surface area contributed by atoms with Crippen molar-refractivity contribution in [3.05, 3.63) is 59.8 Å². The van der Waals surface area contributed by atoms with Crippen molar-refractivity contribution in [2.75, 3.05) is 59.6 Å². The van der Waals surface area contributed by atoms with E-state index in [9.17, 15) is 0 Å². The van der Waals surface area contributed by atoms with Crippen molar-refractivity contribution in [2.24, 2.45) is 0 Å². The van der Waals surface area contributed by atoms with Crippen molar-refractivity contribution in [3.63, 3.8) is 0 Å². The van der Waals surface area contributed by atoms with E-state index >= 15 is 0 Å². The number of hydrazine groups is 1. The van der Waals surface area contributed by atoms with Gasteiger partial charge < -0.3 is 23.8 Å². The van der Waals surface area contributed by atoms with Crippen LogP contribution in [0.15, 0.2) is 48.7 Å². The third-order valence-electron chi connectivity index (χ3n) is 5.34. The van der Waals surface area contributed by atoms with E-state index < -0.39 is 0 Å². The third kappa shape index (κ3) is 4.32. The molecule has 1 fully saturated rings. The number of benzene rings is 2. The average molecular weight is 413 g/mol. The van der Waals surface area contributed by atoms with Crippen LogP contribution in [0.5, 0.6) is 11.5 Å². The number of nitrogens with one attached hydrogen (secondary N) is 1. The Morgan fingerprint density at radius 2 is 2.03 bits per heavy atom. The molecular formula is C23H30N3O4+. The largest absolute Gasteiger partial charge is 0.493 e. The smallest absolute Gasteiger partial charge is 0.179 e. The minimum atomic E-state index is 0.0460. The topological polar surface area (TPSA) is 59.0 Å². The Labute approximate surface area is 177 Å². The summed E-state index contributed by atoms with van der Waals surface area (Å²) in [6, 6.07) is 14.5. The quantitative estimate of drug-likeness (QED) is 0.558. The van der Waals surface area contributed by atoms with Gasteiger partial charge >= 0.3 is 0 Å². The Balaban J connectivity index is 1.63. The highest BCUT2D eigenvalue weighted by Crippen LogP contribution is 2.41. The van der Waals surface area contributed by atoms with Crippen LogP contribution < -0.4 is 14.9 Å². The van der Waals surface area contributed by atoms with Crippen LogP contribution in [0.1, 0.15) is 17.2 Å². The zero-order valence-corrected chi connectivity index (χ0v) is 17.8. The molecule has 0 aromatic heterocycles. The van der Waals surface area contributed by atoms with Crippen molar-refractivity contribution in [1.29, 1.82) is 0 Å². The summed E-state index contributed by atoms with van der Waals surface area (Å²) in [7, 11) is 5.45. The van der Waals surface area contributed by atoms with Crippen molar-refractivity contribution in [3.8, 4) is 11.5 Å². The van der Waals surface area contributed by atoms with E-state index in [4.69, 9.17) is 14.2 Å². The second kappa shape index (κ2) is 9.28. The van der Waals surface area contributed by atoms with Gasteiger partial charge in [-0.1, -0.05) is 30.3 Å². The van der Waals surface area contributed by atoms with Crippen LogP contribution in [0.25, 0.3) is 5.70 Å². The van der Waals surface area contributed by atoms with Crippen LogP contribution >= 0.6 is 0 Å². The molecule has 2 heterocycles. The van der Waals surface area contributed by atoms with Crippen molar-refractivity contribution in [1.82, 2.24) is 9.91 Å². The number of hydrogen-bond donors (Lipinski definition) is 1. The molecule has 1 atom stereocenters. The lowest BCUT2D eigenvalue weighted by Crippen LogP contribution is -2.39. The second-order valence-electron chi connectivity index (χ2n) is 7.39. The minimum Gasteiger partial charge on any atom is -0.493 e. The van der Waals surface area contributed by atoms with Crippen LogP contribution in [0.3, 0.4) is 0 Å². The van der Waals surface area contributed by atoms with Crippen molar-refractivity contribution in [2.45, 2.75) is 6.10 Å². The van der Waals surface area contributed by atoms with E-state index in [1.54, 1.807) is 14.2 Å². The predicted octanol–water partition coefficient (Wildman–Crippen LogP) is 2.88.